The molecule has 0 unspecified atom stereocenters. The fourth-order valence-corrected chi connectivity index (χ4v) is 1.99. The Labute approximate surface area is 126 Å². The Morgan fingerprint density at radius 1 is 1.38 bits per heavy atom. The summed E-state index contributed by atoms with van der Waals surface area (Å²) in [5, 5.41) is 19.7. The highest BCUT2D eigenvalue weighted by atomic mass is 35.5. The zero-order chi connectivity index (χ0) is 15.6. The summed E-state index contributed by atoms with van der Waals surface area (Å²) in [6.45, 7) is 1.60. The van der Waals surface area contributed by atoms with Gasteiger partial charge in [0.05, 0.1) is 11.3 Å². The smallest absolute Gasteiger partial charge is 0.271 e. The van der Waals surface area contributed by atoms with Gasteiger partial charge in [0.25, 0.3) is 5.56 Å². The Bertz CT molecular complexity index is 815. The molecule has 0 atom stereocenters. The average Bonchev–Trinajstić information content (AvgIpc) is 2.47. The van der Waals surface area contributed by atoms with Gasteiger partial charge in [0.15, 0.2) is 0 Å². The van der Waals surface area contributed by atoms with E-state index in [1.807, 2.05) is 6.07 Å². The minimum atomic E-state index is -0.531. The molecule has 21 heavy (non-hydrogen) atoms. The minimum Gasteiger partial charge on any atom is -0.494 e. The van der Waals surface area contributed by atoms with E-state index >= 15 is 0 Å². The van der Waals surface area contributed by atoms with Crippen molar-refractivity contribution in [1.29, 1.82) is 5.26 Å². The number of pyridine rings is 1. The zero-order valence-electron chi connectivity index (χ0n) is 11.5. The van der Waals surface area contributed by atoms with Gasteiger partial charge in [0.2, 0.25) is 5.88 Å². The van der Waals surface area contributed by atoms with Crippen molar-refractivity contribution in [2.75, 3.05) is 0 Å². The molecule has 0 amide bonds. The van der Waals surface area contributed by atoms with Crippen LogP contribution in [0.5, 0.6) is 5.88 Å². The maximum atomic E-state index is 11.8. The fourth-order valence-electron chi connectivity index (χ4n) is 1.86. The van der Waals surface area contributed by atoms with E-state index in [-0.39, 0.29) is 11.4 Å². The number of aromatic hydroxyl groups is 1. The third-order valence-corrected chi connectivity index (χ3v) is 3.39. The number of benzene rings is 1. The molecule has 0 aliphatic rings. The monoisotopic (exact) mass is 301 g/mol. The van der Waals surface area contributed by atoms with Gasteiger partial charge in [-0.1, -0.05) is 11.6 Å². The minimum absolute atomic E-state index is 0.00661. The molecular weight excluding hydrogens is 290 g/mol. The van der Waals surface area contributed by atoms with Crippen LogP contribution in [0.1, 0.15) is 16.7 Å². The topological polar surface area (TPSA) is 78.4 Å². The Balaban J connectivity index is 2.55. The molecule has 2 rings (SSSR count). The van der Waals surface area contributed by atoms with Crippen LogP contribution in [0.3, 0.4) is 0 Å². The molecule has 1 N–H and O–H groups in total. The molecule has 6 heteroatoms. The van der Waals surface area contributed by atoms with Gasteiger partial charge in [0, 0.05) is 18.3 Å². The van der Waals surface area contributed by atoms with Crippen LogP contribution in [-0.4, -0.2) is 15.9 Å². The molecule has 0 fully saturated rings. The van der Waals surface area contributed by atoms with Crippen molar-refractivity contribution in [3.63, 3.8) is 0 Å². The number of rotatable bonds is 2. The second kappa shape index (κ2) is 5.81. The normalized spacial score (nSPS) is 10.8. The van der Waals surface area contributed by atoms with E-state index in [1.165, 1.54) is 13.3 Å². The van der Waals surface area contributed by atoms with Crippen molar-refractivity contribution in [2.45, 2.75) is 6.92 Å². The summed E-state index contributed by atoms with van der Waals surface area (Å²) in [5.74, 6) is -0.228. The predicted molar refractivity (Wildman–Crippen MR) is 81.5 cm³/mol. The molecule has 1 aromatic carbocycles. The summed E-state index contributed by atoms with van der Waals surface area (Å²) in [4.78, 5) is 16.0. The van der Waals surface area contributed by atoms with E-state index in [1.54, 1.807) is 31.2 Å². The first-order valence-electron chi connectivity index (χ1n) is 6.08. The quantitative estimate of drug-likeness (QED) is 0.866. The van der Waals surface area contributed by atoms with E-state index in [0.29, 0.717) is 21.8 Å². The molecule has 2 aromatic rings. The molecule has 1 aromatic heterocycles. The summed E-state index contributed by atoms with van der Waals surface area (Å²) in [6.07, 6.45) is 1.42. The fraction of sp³-hybridized carbons (Fsp3) is 0.133. The first-order chi connectivity index (χ1) is 9.95. The molecule has 5 nitrogen and oxygen atoms in total. The maximum absolute atomic E-state index is 11.8. The summed E-state index contributed by atoms with van der Waals surface area (Å²) in [7, 11) is 1.40. The van der Waals surface area contributed by atoms with Crippen LogP contribution in [0.2, 0.25) is 5.02 Å². The molecule has 1 heterocycles. The zero-order valence-corrected chi connectivity index (χ0v) is 12.2. The maximum Gasteiger partial charge on any atom is 0.271 e. The summed E-state index contributed by atoms with van der Waals surface area (Å²) in [5.41, 5.74) is 0.842. The lowest BCUT2D eigenvalue weighted by Crippen LogP contribution is -2.22. The van der Waals surface area contributed by atoms with Crippen molar-refractivity contribution in [3.8, 4) is 11.9 Å². The lowest BCUT2D eigenvalue weighted by atomic mass is 10.1. The largest absolute Gasteiger partial charge is 0.494 e. The number of aliphatic imine (C=N–C) groups is 1. The van der Waals surface area contributed by atoms with E-state index in [9.17, 15) is 9.90 Å². The third-order valence-electron chi connectivity index (χ3n) is 3.14. The van der Waals surface area contributed by atoms with Crippen LogP contribution in [0.4, 0.5) is 5.69 Å². The lowest BCUT2D eigenvalue weighted by Gasteiger charge is -2.09. The van der Waals surface area contributed by atoms with Crippen molar-refractivity contribution in [2.24, 2.45) is 12.0 Å². The number of halogens is 1. The Hall–Kier alpha value is -2.58. The number of nitriles is 1. The second-order valence-electron chi connectivity index (χ2n) is 4.45. The van der Waals surface area contributed by atoms with Crippen LogP contribution in [0.25, 0.3) is 0 Å². The molecule has 0 radical (unpaired) electrons. The first kappa shape index (κ1) is 14.8. The molecule has 106 valence electrons. The molecule has 0 aliphatic heterocycles. The standard InChI is InChI=1S/C15H12ClN3O2/c1-9-12(7-17)14(20)19(2)15(21)13(9)8-18-11-5-3-10(16)4-6-11/h3-6,8,21H,1-2H3. The van der Waals surface area contributed by atoms with Gasteiger partial charge >= 0.3 is 0 Å². The second-order valence-corrected chi connectivity index (χ2v) is 4.88. The van der Waals surface area contributed by atoms with E-state index in [2.05, 4.69) is 4.99 Å². The van der Waals surface area contributed by atoms with Crippen LogP contribution in [-0.2, 0) is 7.05 Å². The van der Waals surface area contributed by atoms with Gasteiger partial charge in [0.1, 0.15) is 11.6 Å². The number of aromatic nitrogens is 1. The van der Waals surface area contributed by atoms with Crippen molar-refractivity contribution >= 4 is 23.5 Å². The van der Waals surface area contributed by atoms with Crippen LogP contribution in [0.15, 0.2) is 34.1 Å². The van der Waals surface area contributed by atoms with Crippen molar-refractivity contribution < 1.29 is 5.11 Å². The van der Waals surface area contributed by atoms with Gasteiger partial charge in [-0.2, -0.15) is 5.26 Å². The highest BCUT2D eigenvalue weighted by Gasteiger charge is 2.15. The van der Waals surface area contributed by atoms with Crippen LogP contribution in [0, 0.1) is 18.3 Å². The summed E-state index contributed by atoms with van der Waals surface area (Å²) in [6, 6.07) is 8.69. The van der Waals surface area contributed by atoms with Gasteiger partial charge in [-0.05, 0) is 36.8 Å². The highest BCUT2D eigenvalue weighted by molar-refractivity contribution is 6.30. The SMILES string of the molecule is Cc1c(C=Nc2ccc(Cl)cc2)c(O)n(C)c(=O)c1C#N. The molecule has 0 spiro atoms. The first-order valence-corrected chi connectivity index (χ1v) is 6.45. The van der Waals surface area contributed by atoms with Crippen molar-refractivity contribution in [1.82, 2.24) is 4.57 Å². The average molecular weight is 302 g/mol. The van der Waals surface area contributed by atoms with Gasteiger partial charge in [-0.3, -0.25) is 14.4 Å². The van der Waals surface area contributed by atoms with Gasteiger partial charge in [-0.15, -0.1) is 0 Å². The Kier molecular flexibility index (Phi) is 4.10. The highest BCUT2D eigenvalue weighted by Crippen LogP contribution is 2.21. The number of hydrogen-bond acceptors (Lipinski definition) is 4. The van der Waals surface area contributed by atoms with Gasteiger partial charge in [-0.25, -0.2) is 0 Å². The van der Waals surface area contributed by atoms with E-state index in [4.69, 9.17) is 16.9 Å². The molecular formula is C15H12ClN3O2. The van der Waals surface area contributed by atoms with Crippen LogP contribution < -0.4 is 5.56 Å². The van der Waals surface area contributed by atoms with E-state index in [0.717, 1.165) is 4.57 Å². The summed E-state index contributed by atoms with van der Waals surface area (Å²) >= 11 is 5.79. The Morgan fingerprint density at radius 3 is 2.57 bits per heavy atom. The molecule has 0 aliphatic carbocycles. The number of nitrogens with zero attached hydrogens (tertiary/aromatic N) is 3. The van der Waals surface area contributed by atoms with Crippen LogP contribution >= 0.6 is 11.6 Å². The molecule has 0 saturated heterocycles. The predicted octanol–water partition coefficient (Wildman–Crippen LogP) is 2.68. The number of hydrogen-bond donors (Lipinski definition) is 1. The van der Waals surface area contributed by atoms with Crippen molar-refractivity contribution in [3.05, 3.63) is 56.3 Å². The summed E-state index contributed by atoms with van der Waals surface area (Å²) < 4.78 is 1.02. The Morgan fingerprint density at radius 2 is 2.00 bits per heavy atom. The molecule has 0 bridgehead atoms. The third kappa shape index (κ3) is 2.81. The van der Waals surface area contributed by atoms with Gasteiger partial charge < -0.3 is 5.11 Å². The lowest BCUT2D eigenvalue weighted by molar-refractivity contribution is 0.421. The molecule has 0 saturated carbocycles. The van der Waals surface area contributed by atoms with E-state index < -0.39 is 5.56 Å².